The van der Waals surface area contributed by atoms with Crippen LogP contribution in [0, 0.1) is 0 Å². The molecule has 0 bridgehead atoms. The summed E-state index contributed by atoms with van der Waals surface area (Å²) in [5.74, 6) is -0.969. The molecule has 0 heterocycles. The van der Waals surface area contributed by atoms with Crippen LogP contribution in [0.5, 0.6) is 0 Å². The molecule has 0 aromatic heterocycles. The molecular weight excluding hydrogens is 270 g/mol. The molecular formula is C13H10ClNO2S. The third-order valence-electron chi connectivity index (χ3n) is 2.28. The molecule has 0 unspecified atom stereocenters. The van der Waals surface area contributed by atoms with E-state index in [0.717, 1.165) is 4.90 Å². The van der Waals surface area contributed by atoms with Gasteiger partial charge < -0.3 is 10.8 Å². The van der Waals surface area contributed by atoms with Crippen molar-refractivity contribution in [3.05, 3.63) is 53.1 Å². The standard InChI is InChI=1S/C13H10ClNO2S/c14-9-2-1-3-10(7-9)18-12-6-8(13(16)17)4-5-11(12)15/h1-7H,15H2,(H,16,17). The summed E-state index contributed by atoms with van der Waals surface area (Å²) >= 11 is 7.28. The number of aromatic carboxylic acids is 1. The summed E-state index contributed by atoms with van der Waals surface area (Å²) in [6.45, 7) is 0. The lowest BCUT2D eigenvalue weighted by Gasteiger charge is -2.06. The van der Waals surface area contributed by atoms with Crippen molar-refractivity contribution in [3.63, 3.8) is 0 Å². The van der Waals surface area contributed by atoms with Crippen LogP contribution in [0.4, 0.5) is 5.69 Å². The van der Waals surface area contributed by atoms with Gasteiger partial charge in [0.15, 0.2) is 0 Å². The second kappa shape index (κ2) is 5.33. The van der Waals surface area contributed by atoms with Crippen LogP contribution in [0.1, 0.15) is 10.4 Å². The Bertz CT molecular complexity index is 601. The van der Waals surface area contributed by atoms with E-state index >= 15 is 0 Å². The van der Waals surface area contributed by atoms with Gasteiger partial charge in [-0.05, 0) is 36.4 Å². The van der Waals surface area contributed by atoms with Crippen molar-refractivity contribution in [2.24, 2.45) is 0 Å². The number of benzene rings is 2. The zero-order valence-corrected chi connectivity index (χ0v) is 10.8. The van der Waals surface area contributed by atoms with Gasteiger partial charge in [0.2, 0.25) is 0 Å². The van der Waals surface area contributed by atoms with Crippen LogP contribution in [0.2, 0.25) is 5.02 Å². The Morgan fingerprint density at radius 3 is 2.67 bits per heavy atom. The largest absolute Gasteiger partial charge is 0.478 e. The van der Waals surface area contributed by atoms with Gasteiger partial charge >= 0.3 is 5.97 Å². The molecule has 0 amide bonds. The maximum Gasteiger partial charge on any atom is 0.335 e. The van der Waals surface area contributed by atoms with Crippen LogP contribution in [-0.4, -0.2) is 11.1 Å². The van der Waals surface area contributed by atoms with Crippen molar-refractivity contribution >= 4 is 35.0 Å². The van der Waals surface area contributed by atoms with E-state index in [1.165, 1.54) is 17.8 Å². The lowest BCUT2D eigenvalue weighted by Crippen LogP contribution is -1.98. The lowest BCUT2D eigenvalue weighted by molar-refractivity contribution is 0.0696. The topological polar surface area (TPSA) is 63.3 Å². The monoisotopic (exact) mass is 279 g/mol. The SMILES string of the molecule is Nc1ccc(C(=O)O)cc1Sc1cccc(Cl)c1. The normalized spacial score (nSPS) is 10.3. The zero-order chi connectivity index (χ0) is 13.1. The first-order valence-corrected chi connectivity index (χ1v) is 6.32. The Labute approximate surface area is 114 Å². The molecule has 92 valence electrons. The molecule has 0 atom stereocenters. The van der Waals surface area contributed by atoms with Crippen LogP contribution in [-0.2, 0) is 0 Å². The highest BCUT2D eigenvalue weighted by Gasteiger charge is 2.08. The van der Waals surface area contributed by atoms with Crippen molar-refractivity contribution in [2.75, 3.05) is 5.73 Å². The molecule has 0 aliphatic carbocycles. The van der Waals surface area contributed by atoms with E-state index in [9.17, 15) is 4.79 Å². The van der Waals surface area contributed by atoms with E-state index < -0.39 is 5.97 Å². The summed E-state index contributed by atoms with van der Waals surface area (Å²) in [6.07, 6.45) is 0. The van der Waals surface area contributed by atoms with Crippen LogP contribution < -0.4 is 5.73 Å². The highest BCUT2D eigenvalue weighted by molar-refractivity contribution is 7.99. The van der Waals surface area contributed by atoms with Gasteiger partial charge in [-0.25, -0.2) is 4.79 Å². The third kappa shape index (κ3) is 2.97. The summed E-state index contributed by atoms with van der Waals surface area (Å²) in [6, 6.07) is 12.0. The van der Waals surface area contributed by atoms with Gasteiger partial charge in [0.1, 0.15) is 0 Å². The van der Waals surface area contributed by atoms with Gasteiger partial charge in [-0.15, -0.1) is 0 Å². The number of hydrogen-bond acceptors (Lipinski definition) is 3. The Hall–Kier alpha value is -1.65. The Morgan fingerprint density at radius 2 is 2.00 bits per heavy atom. The van der Waals surface area contributed by atoms with Crippen molar-refractivity contribution < 1.29 is 9.90 Å². The summed E-state index contributed by atoms with van der Waals surface area (Å²) < 4.78 is 0. The van der Waals surface area contributed by atoms with E-state index in [2.05, 4.69) is 0 Å². The van der Waals surface area contributed by atoms with Crippen LogP contribution >= 0.6 is 23.4 Å². The predicted molar refractivity (Wildman–Crippen MR) is 73.4 cm³/mol. The minimum atomic E-state index is -0.969. The minimum absolute atomic E-state index is 0.216. The van der Waals surface area contributed by atoms with Gasteiger partial charge in [-0.1, -0.05) is 29.4 Å². The molecule has 3 nitrogen and oxygen atoms in total. The quantitative estimate of drug-likeness (QED) is 0.840. The first kappa shape index (κ1) is 12.8. The average molecular weight is 280 g/mol. The molecule has 5 heteroatoms. The molecule has 0 saturated heterocycles. The maximum atomic E-state index is 10.9. The Balaban J connectivity index is 2.33. The first-order valence-electron chi connectivity index (χ1n) is 5.12. The molecule has 0 spiro atoms. The zero-order valence-electron chi connectivity index (χ0n) is 9.26. The second-order valence-electron chi connectivity index (χ2n) is 3.62. The number of hydrogen-bond donors (Lipinski definition) is 2. The molecule has 0 aliphatic rings. The van der Waals surface area contributed by atoms with Crippen molar-refractivity contribution in [1.82, 2.24) is 0 Å². The van der Waals surface area contributed by atoms with E-state index in [1.54, 1.807) is 24.3 Å². The van der Waals surface area contributed by atoms with E-state index in [-0.39, 0.29) is 5.56 Å². The number of nitrogen functional groups attached to an aromatic ring is 1. The van der Waals surface area contributed by atoms with Crippen molar-refractivity contribution in [1.29, 1.82) is 0 Å². The lowest BCUT2D eigenvalue weighted by atomic mass is 10.2. The second-order valence-corrected chi connectivity index (χ2v) is 5.17. The number of halogens is 1. The summed E-state index contributed by atoms with van der Waals surface area (Å²) in [4.78, 5) is 12.5. The maximum absolute atomic E-state index is 10.9. The van der Waals surface area contributed by atoms with Crippen LogP contribution in [0.25, 0.3) is 0 Å². The molecule has 18 heavy (non-hydrogen) atoms. The van der Waals surface area contributed by atoms with E-state index in [1.807, 2.05) is 12.1 Å². The fourth-order valence-electron chi connectivity index (χ4n) is 1.41. The molecule has 2 aromatic rings. The molecule has 0 saturated carbocycles. The van der Waals surface area contributed by atoms with Gasteiger partial charge in [0.05, 0.1) is 5.56 Å². The van der Waals surface area contributed by atoms with Crippen molar-refractivity contribution in [3.8, 4) is 0 Å². The van der Waals surface area contributed by atoms with Crippen molar-refractivity contribution in [2.45, 2.75) is 9.79 Å². The molecule has 2 aromatic carbocycles. The highest BCUT2D eigenvalue weighted by atomic mass is 35.5. The molecule has 0 aliphatic heterocycles. The summed E-state index contributed by atoms with van der Waals surface area (Å²) in [5.41, 5.74) is 6.59. The minimum Gasteiger partial charge on any atom is -0.478 e. The molecule has 3 N–H and O–H groups in total. The third-order valence-corrected chi connectivity index (χ3v) is 3.58. The summed E-state index contributed by atoms with van der Waals surface area (Å²) in [7, 11) is 0. The highest BCUT2D eigenvalue weighted by Crippen LogP contribution is 2.33. The fraction of sp³-hybridized carbons (Fsp3) is 0. The van der Waals surface area contributed by atoms with Gasteiger partial charge in [-0.2, -0.15) is 0 Å². The number of carboxylic acids is 1. The average Bonchev–Trinajstić information content (AvgIpc) is 2.31. The van der Waals surface area contributed by atoms with Crippen LogP contribution in [0.15, 0.2) is 52.3 Å². The molecule has 0 radical (unpaired) electrons. The van der Waals surface area contributed by atoms with E-state index in [4.69, 9.17) is 22.4 Å². The van der Waals surface area contributed by atoms with Gasteiger partial charge in [-0.3, -0.25) is 0 Å². The fourth-order valence-corrected chi connectivity index (χ4v) is 2.63. The van der Waals surface area contributed by atoms with Gasteiger partial charge in [0.25, 0.3) is 0 Å². The molecule has 0 fully saturated rings. The Kier molecular flexibility index (Phi) is 3.79. The molecule has 2 rings (SSSR count). The number of carboxylic acid groups (broad SMARTS) is 1. The smallest absolute Gasteiger partial charge is 0.335 e. The van der Waals surface area contributed by atoms with Crippen LogP contribution in [0.3, 0.4) is 0 Å². The number of nitrogens with two attached hydrogens (primary N) is 1. The predicted octanol–water partition coefficient (Wildman–Crippen LogP) is 3.77. The Morgan fingerprint density at radius 1 is 1.22 bits per heavy atom. The number of carbonyl (C=O) groups is 1. The van der Waals surface area contributed by atoms with Gasteiger partial charge in [0, 0.05) is 20.5 Å². The van der Waals surface area contributed by atoms with E-state index in [0.29, 0.717) is 15.6 Å². The first-order chi connectivity index (χ1) is 8.56. The number of rotatable bonds is 3. The summed E-state index contributed by atoms with van der Waals surface area (Å²) in [5, 5.41) is 9.57. The number of anilines is 1.